The number of benzene rings is 1. The summed E-state index contributed by atoms with van der Waals surface area (Å²) in [6.07, 6.45) is 3.32. The molecule has 1 aromatic heterocycles. The van der Waals surface area contributed by atoms with Gasteiger partial charge in [0.25, 0.3) is 0 Å². The van der Waals surface area contributed by atoms with Gasteiger partial charge >= 0.3 is 7.12 Å². The molecule has 2 aromatic rings. The molecular weight excluding hydrogens is 219 g/mol. The Labute approximate surface area is 98.6 Å². The van der Waals surface area contributed by atoms with E-state index in [-0.39, 0.29) is 0 Å². The van der Waals surface area contributed by atoms with Gasteiger partial charge in [-0.05, 0) is 17.1 Å². The molecule has 0 spiro atoms. The van der Waals surface area contributed by atoms with Gasteiger partial charge in [0.2, 0.25) is 11.8 Å². The van der Waals surface area contributed by atoms with Crippen molar-refractivity contribution in [3.8, 4) is 0 Å². The van der Waals surface area contributed by atoms with Crippen LogP contribution in [0.3, 0.4) is 0 Å². The van der Waals surface area contributed by atoms with Gasteiger partial charge in [-0.1, -0.05) is 24.3 Å². The lowest BCUT2D eigenvalue weighted by molar-refractivity contribution is 0.425. The number of hydrogen-bond donors (Lipinski definition) is 2. The summed E-state index contributed by atoms with van der Waals surface area (Å²) in [5.74, 6) is 0.866. The van der Waals surface area contributed by atoms with E-state index in [0.717, 1.165) is 0 Å². The highest BCUT2D eigenvalue weighted by molar-refractivity contribution is 6.59. The second kappa shape index (κ2) is 4.94. The summed E-state index contributed by atoms with van der Waals surface area (Å²) in [5, 5.41) is 25.8. The van der Waals surface area contributed by atoms with Crippen molar-refractivity contribution in [1.29, 1.82) is 0 Å². The molecule has 0 amide bonds. The molecule has 0 saturated heterocycles. The van der Waals surface area contributed by atoms with Gasteiger partial charge in [0.15, 0.2) is 0 Å². The Hall–Kier alpha value is -1.92. The van der Waals surface area contributed by atoms with E-state index >= 15 is 0 Å². The van der Waals surface area contributed by atoms with Gasteiger partial charge in [-0.2, -0.15) is 0 Å². The average molecular weight is 230 g/mol. The third-order valence-corrected chi connectivity index (χ3v) is 2.22. The van der Waals surface area contributed by atoms with E-state index in [0.29, 0.717) is 22.8 Å². The Bertz CT molecular complexity index is 537. The Balaban J connectivity index is 2.26. The molecule has 0 aliphatic heterocycles. The summed E-state index contributed by atoms with van der Waals surface area (Å²) in [5.41, 5.74) is 1.12. The lowest BCUT2D eigenvalue weighted by Crippen LogP contribution is -2.31. The van der Waals surface area contributed by atoms with Crippen molar-refractivity contribution in [1.82, 2.24) is 10.2 Å². The highest BCUT2D eigenvalue weighted by atomic mass is 16.4. The van der Waals surface area contributed by atoms with E-state index in [2.05, 4.69) is 10.2 Å². The molecule has 1 aromatic carbocycles. The Kier molecular flexibility index (Phi) is 3.36. The molecule has 17 heavy (non-hydrogen) atoms. The maximum Gasteiger partial charge on any atom is 0.489 e. The number of aryl methyl sites for hydroxylation is 1. The van der Waals surface area contributed by atoms with E-state index in [9.17, 15) is 10.0 Å². The first-order chi connectivity index (χ1) is 8.16. The molecule has 0 aliphatic rings. The van der Waals surface area contributed by atoms with Crippen LogP contribution in [0.5, 0.6) is 0 Å². The van der Waals surface area contributed by atoms with Crippen LogP contribution in [0, 0.1) is 6.92 Å². The zero-order valence-corrected chi connectivity index (χ0v) is 9.24. The van der Waals surface area contributed by atoms with Crippen LogP contribution in [-0.2, 0) is 0 Å². The third-order valence-electron chi connectivity index (χ3n) is 2.22. The summed E-state index contributed by atoms with van der Waals surface area (Å²) in [4.78, 5) is 0. The third kappa shape index (κ3) is 2.80. The highest BCUT2D eigenvalue weighted by Crippen LogP contribution is 2.06. The Morgan fingerprint density at radius 3 is 2.59 bits per heavy atom. The SMILES string of the molecule is Cc1nnc(/C=C/c2ccccc2B(O)O)o1. The summed E-state index contributed by atoms with van der Waals surface area (Å²) in [6.45, 7) is 1.70. The molecular formula is C11H11BN2O3. The van der Waals surface area contributed by atoms with E-state index in [1.165, 1.54) is 0 Å². The minimum absolute atomic E-state index is 0.379. The molecule has 0 fully saturated rings. The molecule has 0 radical (unpaired) electrons. The Morgan fingerprint density at radius 2 is 1.94 bits per heavy atom. The summed E-state index contributed by atoms with van der Waals surface area (Å²) >= 11 is 0. The second-order valence-corrected chi connectivity index (χ2v) is 3.50. The molecule has 2 N–H and O–H groups in total. The van der Waals surface area contributed by atoms with Crippen molar-refractivity contribution >= 4 is 24.7 Å². The minimum Gasteiger partial charge on any atom is -0.423 e. The van der Waals surface area contributed by atoms with Gasteiger partial charge in [0, 0.05) is 13.0 Å². The normalized spacial score (nSPS) is 11.0. The minimum atomic E-state index is -1.50. The van der Waals surface area contributed by atoms with Crippen molar-refractivity contribution in [3.63, 3.8) is 0 Å². The van der Waals surface area contributed by atoms with Crippen LogP contribution >= 0.6 is 0 Å². The maximum atomic E-state index is 9.18. The molecule has 0 aliphatic carbocycles. The van der Waals surface area contributed by atoms with Crippen molar-refractivity contribution in [3.05, 3.63) is 41.6 Å². The molecule has 0 unspecified atom stereocenters. The predicted octanol–water partition coefficient (Wildman–Crippen LogP) is 0.228. The summed E-state index contributed by atoms with van der Waals surface area (Å²) in [6, 6.07) is 6.96. The maximum absolute atomic E-state index is 9.18. The number of hydrogen-bond acceptors (Lipinski definition) is 5. The first kappa shape index (κ1) is 11.6. The molecule has 1 heterocycles. The molecule has 0 atom stereocenters. The quantitative estimate of drug-likeness (QED) is 0.737. The predicted molar refractivity (Wildman–Crippen MR) is 64.2 cm³/mol. The first-order valence-corrected chi connectivity index (χ1v) is 5.10. The molecule has 0 saturated carbocycles. The molecule has 2 rings (SSSR count). The molecule has 6 heteroatoms. The van der Waals surface area contributed by atoms with Gasteiger partial charge in [-0.15, -0.1) is 10.2 Å². The van der Waals surface area contributed by atoms with Gasteiger partial charge < -0.3 is 14.5 Å². The summed E-state index contributed by atoms with van der Waals surface area (Å²) < 4.78 is 5.17. The van der Waals surface area contributed by atoms with Gasteiger partial charge in [0.05, 0.1) is 0 Å². The van der Waals surface area contributed by atoms with E-state index in [1.54, 1.807) is 37.3 Å². The topological polar surface area (TPSA) is 79.4 Å². The van der Waals surface area contributed by atoms with E-state index < -0.39 is 7.12 Å². The molecule has 5 nitrogen and oxygen atoms in total. The van der Waals surface area contributed by atoms with Gasteiger partial charge in [-0.25, -0.2) is 0 Å². The van der Waals surface area contributed by atoms with E-state index in [4.69, 9.17) is 4.42 Å². The average Bonchev–Trinajstić information content (AvgIpc) is 2.73. The number of nitrogens with zero attached hydrogens (tertiary/aromatic N) is 2. The fraction of sp³-hybridized carbons (Fsp3) is 0.0909. The largest absolute Gasteiger partial charge is 0.489 e. The zero-order valence-electron chi connectivity index (χ0n) is 9.24. The monoisotopic (exact) mass is 230 g/mol. The second-order valence-electron chi connectivity index (χ2n) is 3.50. The van der Waals surface area contributed by atoms with Crippen molar-refractivity contribution in [2.45, 2.75) is 6.92 Å². The lowest BCUT2D eigenvalue weighted by atomic mass is 9.77. The molecule has 86 valence electrons. The van der Waals surface area contributed by atoms with Crippen LogP contribution in [0.1, 0.15) is 17.3 Å². The zero-order chi connectivity index (χ0) is 12.3. The fourth-order valence-corrected chi connectivity index (χ4v) is 1.44. The van der Waals surface area contributed by atoms with Gasteiger partial charge in [-0.3, -0.25) is 0 Å². The highest BCUT2D eigenvalue weighted by Gasteiger charge is 2.13. The van der Waals surface area contributed by atoms with Crippen molar-refractivity contribution in [2.24, 2.45) is 0 Å². The number of rotatable bonds is 3. The van der Waals surface area contributed by atoms with Crippen LogP contribution in [-0.4, -0.2) is 27.4 Å². The van der Waals surface area contributed by atoms with Crippen LogP contribution < -0.4 is 5.46 Å². The van der Waals surface area contributed by atoms with E-state index in [1.807, 2.05) is 6.07 Å². The first-order valence-electron chi connectivity index (χ1n) is 5.10. The molecule has 0 bridgehead atoms. The smallest absolute Gasteiger partial charge is 0.423 e. The van der Waals surface area contributed by atoms with Crippen LogP contribution in [0.15, 0.2) is 28.7 Å². The standard InChI is InChI=1S/C11H11BN2O3/c1-8-13-14-11(17-8)7-6-9-4-2-3-5-10(9)12(15)16/h2-7,15-16H,1H3/b7-6+. The van der Waals surface area contributed by atoms with Crippen molar-refractivity contribution in [2.75, 3.05) is 0 Å². The van der Waals surface area contributed by atoms with Gasteiger partial charge in [0.1, 0.15) is 0 Å². The fourth-order valence-electron chi connectivity index (χ4n) is 1.44. The van der Waals surface area contributed by atoms with Crippen LogP contribution in [0.25, 0.3) is 12.2 Å². The summed E-state index contributed by atoms with van der Waals surface area (Å²) in [7, 11) is -1.50. The lowest BCUT2D eigenvalue weighted by Gasteiger charge is -2.03. The van der Waals surface area contributed by atoms with Crippen LogP contribution in [0.2, 0.25) is 0 Å². The number of aromatic nitrogens is 2. The Morgan fingerprint density at radius 1 is 1.18 bits per heavy atom. The van der Waals surface area contributed by atoms with Crippen LogP contribution in [0.4, 0.5) is 0 Å². The van der Waals surface area contributed by atoms with Crippen molar-refractivity contribution < 1.29 is 14.5 Å².